The number of nitrogens with zero attached hydrogens (tertiary/aromatic N) is 1. The predicted molar refractivity (Wildman–Crippen MR) is 73.9 cm³/mol. The highest BCUT2D eigenvalue weighted by Gasteiger charge is 2.22. The Morgan fingerprint density at radius 3 is 2.42 bits per heavy atom. The molecule has 1 aromatic heterocycles. The molecule has 0 bridgehead atoms. The summed E-state index contributed by atoms with van der Waals surface area (Å²) in [6, 6.07) is 7.02. The second-order valence-corrected chi connectivity index (χ2v) is 5.19. The molecule has 19 heavy (non-hydrogen) atoms. The molecule has 0 radical (unpaired) electrons. The lowest BCUT2D eigenvalue weighted by Crippen LogP contribution is -2.06. The summed E-state index contributed by atoms with van der Waals surface area (Å²) in [4.78, 5) is 27.6. The topological polar surface area (TPSA) is 56.3 Å². The number of halogens is 1. The third kappa shape index (κ3) is 2.83. The van der Waals surface area contributed by atoms with Gasteiger partial charge in [-0.3, -0.25) is 4.79 Å². The molecule has 0 fully saturated rings. The Bertz CT molecular complexity index is 634. The van der Waals surface area contributed by atoms with Crippen LogP contribution in [0.1, 0.15) is 27.1 Å². The number of hydrogen-bond donors (Lipinski definition) is 0. The van der Waals surface area contributed by atoms with Crippen LogP contribution in [0.25, 0.3) is 10.6 Å². The van der Waals surface area contributed by atoms with Gasteiger partial charge >= 0.3 is 5.97 Å². The summed E-state index contributed by atoms with van der Waals surface area (Å²) in [6.45, 7) is 1.39. The van der Waals surface area contributed by atoms with Gasteiger partial charge in [0.2, 0.25) is 0 Å². The highest BCUT2D eigenvalue weighted by molar-refractivity contribution is 7.17. The van der Waals surface area contributed by atoms with Crippen molar-refractivity contribution in [3.8, 4) is 10.6 Å². The van der Waals surface area contributed by atoms with Crippen molar-refractivity contribution < 1.29 is 14.3 Å². The number of carbonyl (C=O) groups excluding carboxylic acids is 2. The van der Waals surface area contributed by atoms with Crippen LogP contribution in [-0.4, -0.2) is 23.8 Å². The fourth-order valence-corrected chi connectivity index (χ4v) is 2.59. The molecule has 0 saturated heterocycles. The van der Waals surface area contributed by atoms with Crippen LogP contribution in [0.15, 0.2) is 24.3 Å². The van der Waals surface area contributed by atoms with E-state index in [2.05, 4.69) is 9.72 Å². The van der Waals surface area contributed by atoms with Crippen molar-refractivity contribution in [2.75, 3.05) is 7.11 Å². The number of aromatic nitrogens is 1. The molecule has 0 aliphatic heterocycles. The highest BCUT2D eigenvalue weighted by atomic mass is 35.5. The smallest absolute Gasteiger partial charge is 0.358 e. The molecule has 0 aliphatic carbocycles. The van der Waals surface area contributed by atoms with Gasteiger partial charge in [-0.25, -0.2) is 9.78 Å². The summed E-state index contributed by atoms with van der Waals surface area (Å²) in [7, 11) is 1.26. The second kappa shape index (κ2) is 5.50. The predicted octanol–water partition coefficient (Wildman–Crippen LogP) is 3.45. The van der Waals surface area contributed by atoms with Crippen LogP contribution in [0, 0.1) is 0 Å². The minimum atomic E-state index is -0.610. The number of Topliss-reactive ketones (excluding diaryl/α,β-unsaturated/α-hetero) is 1. The molecule has 98 valence electrons. The first kappa shape index (κ1) is 13.7. The quantitative estimate of drug-likeness (QED) is 0.643. The number of carbonyl (C=O) groups is 2. The Balaban J connectivity index is 2.51. The molecule has 1 aromatic carbocycles. The highest BCUT2D eigenvalue weighted by Crippen LogP contribution is 2.29. The van der Waals surface area contributed by atoms with Gasteiger partial charge < -0.3 is 4.74 Å². The minimum Gasteiger partial charge on any atom is -0.464 e. The maximum Gasteiger partial charge on any atom is 0.358 e. The number of thiazole rings is 1. The van der Waals surface area contributed by atoms with Crippen LogP contribution in [0.2, 0.25) is 5.02 Å². The Morgan fingerprint density at radius 2 is 1.89 bits per heavy atom. The Labute approximate surface area is 119 Å². The second-order valence-electron chi connectivity index (χ2n) is 3.75. The van der Waals surface area contributed by atoms with E-state index in [4.69, 9.17) is 11.6 Å². The SMILES string of the molecule is COC(=O)c1nc(-c2ccc(Cl)cc2)sc1C(C)=O. The summed E-state index contributed by atoms with van der Waals surface area (Å²) in [5.41, 5.74) is 0.858. The van der Waals surface area contributed by atoms with Crippen LogP contribution < -0.4 is 0 Å². The molecule has 0 atom stereocenters. The largest absolute Gasteiger partial charge is 0.464 e. The number of methoxy groups -OCH3 is 1. The van der Waals surface area contributed by atoms with Crippen molar-refractivity contribution in [1.29, 1.82) is 0 Å². The zero-order chi connectivity index (χ0) is 14.0. The molecule has 0 amide bonds. The van der Waals surface area contributed by atoms with Gasteiger partial charge in [-0.05, 0) is 12.1 Å². The monoisotopic (exact) mass is 295 g/mol. The normalized spacial score (nSPS) is 10.3. The number of rotatable bonds is 3. The van der Waals surface area contributed by atoms with Crippen molar-refractivity contribution in [1.82, 2.24) is 4.98 Å². The van der Waals surface area contributed by atoms with E-state index in [0.717, 1.165) is 5.56 Å². The lowest BCUT2D eigenvalue weighted by molar-refractivity contribution is 0.0591. The molecule has 4 nitrogen and oxygen atoms in total. The average molecular weight is 296 g/mol. The van der Waals surface area contributed by atoms with Crippen LogP contribution in [-0.2, 0) is 4.74 Å². The summed E-state index contributed by atoms with van der Waals surface area (Å²) in [6.07, 6.45) is 0. The third-order valence-corrected chi connectivity index (χ3v) is 3.87. The first-order valence-electron chi connectivity index (χ1n) is 5.39. The minimum absolute atomic E-state index is 0.0601. The van der Waals surface area contributed by atoms with E-state index in [9.17, 15) is 9.59 Å². The van der Waals surface area contributed by atoms with E-state index in [0.29, 0.717) is 14.9 Å². The number of esters is 1. The zero-order valence-electron chi connectivity index (χ0n) is 10.3. The van der Waals surface area contributed by atoms with Crippen molar-refractivity contribution in [2.24, 2.45) is 0 Å². The van der Waals surface area contributed by atoms with Gasteiger partial charge in [0.05, 0.1) is 7.11 Å². The Morgan fingerprint density at radius 1 is 1.26 bits per heavy atom. The van der Waals surface area contributed by atoms with E-state index in [1.165, 1.54) is 25.4 Å². The third-order valence-electron chi connectivity index (χ3n) is 2.42. The Hall–Kier alpha value is -1.72. The molecular weight excluding hydrogens is 286 g/mol. The molecule has 0 N–H and O–H groups in total. The standard InChI is InChI=1S/C13H10ClNO3S/c1-7(16)11-10(13(17)18-2)15-12(19-11)8-3-5-9(14)6-4-8/h3-6H,1-2H3. The number of ether oxygens (including phenoxy) is 1. The fraction of sp³-hybridized carbons (Fsp3) is 0.154. The summed E-state index contributed by atoms with van der Waals surface area (Å²) in [5, 5.41) is 1.20. The van der Waals surface area contributed by atoms with Crippen molar-refractivity contribution >= 4 is 34.7 Å². The first-order valence-corrected chi connectivity index (χ1v) is 6.58. The molecule has 0 unspecified atom stereocenters. The van der Waals surface area contributed by atoms with Crippen LogP contribution >= 0.6 is 22.9 Å². The molecule has 0 aliphatic rings. The van der Waals surface area contributed by atoms with E-state index in [-0.39, 0.29) is 11.5 Å². The summed E-state index contributed by atoms with van der Waals surface area (Å²) in [5.74, 6) is -0.820. The number of hydrogen-bond acceptors (Lipinski definition) is 5. The van der Waals surface area contributed by atoms with Gasteiger partial charge in [0.1, 0.15) is 9.88 Å². The van der Waals surface area contributed by atoms with E-state index in [1.54, 1.807) is 24.3 Å². The maximum absolute atomic E-state index is 11.6. The van der Waals surface area contributed by atoms with Gasteiger partial charge in [0.15, 0.2) is 11.5 Å². The molecule has 6 heteroatoms. The van der Waals surface area contributed by atoms with Crippen LogP contribution in [0.4, 0.5) is 0 Å². The number of ketones is 1. The molecule has 1 heterocycles. The van der Waals surface area contributed by atoms with Crippen LogP contribution in [0.3, 0.4) is 0 Å². The van der Waals surface area contributed by atoms with Crippen LogP contribution in [0.5, 0.6) is 0 Å². The van der Waals surface area contributed by atoms with Gasteiger partial charge in [-0.2, -0.15) is 0 Å². The number of benzene rings is 1. The van der Waals surface area contributed by atoms with Crippen molar-refractivity contribution in [3.63, 3.8) is 0 Å². The molecule has 2 aromatic rings. The molecule has 2 rings (SSSR count). The van der Waals surface area contributed by atoms with E-state index >= 15 is 0 Å². The fourth-order valence-electron chi connectivity index (χ4n) is 1.51. The molecular formula is C13H10ClNO3S. The lowest BCUT2D eigenvalue weighted by Gasteiger charge is -1.96. The first-order chi connectivity index (χ1) is 9.02. The molecule has 0 saturated carbocycles. The zero-order valence-corrected chi connectivity index (χ0v) is 11.8. The summed E-state index contributed by atoms with van der Waals surface area (Å²) < 4.78 is 4.63. The maximum atomic E-state index is 11.6. The van der Waals surface area contributed by atoms with Gasteiger partial charge in [-0.15, -0.1) is 11.3 Å². The average Bonchev–Trinajstić information content (AvgIpc) is 2.84. The Kier molecular flexibility index (Phi) is 3.97. The van der Waals surface area contributed by atoms with Crippen molar-refractivity contribution in [3.05, 3.63) is 39.9 Å². The van der Waals surface area contributed by atoms with Crippen molar-refractivity contribution in [2.45, 2.75) is 6.92 Å². The van der Waals surface area contributed by atoms with Gasteiger partial charge in [0, 0.05) is 17.5 Å². The van der Waals surface area contributed by atoms with Gasteiger partial charge in [0.25, 0.3) is 0 Å². The van der Waals surface area contributed by atoms with E-state index in [1.807, 2.05) is 0 Å². The van der Waals surface area contributed by atoms with Gasteiger partial charge in [-0.1, -0.05) is 23.7 Å². The van der Waals surface area contributed by atoms with E-state index < -0.39 is 5.97 Å². The lowest BCUT2D eigenvalue weighted by atomic mass is 10.2. The summed E-state index contributed by atoms with van der Waals surface area (Å²) >= 11 is 6.98. The molecule has 0 spiro atoms.